The maximum absolute atomic E-state index is 12.7. The van der Waals surface area contributed by atoms with E-state index in [1.165, 1.54) is 39.9 Å². The van der Waals surface area contributed by atoms with Gasteiger partial charge in [-0.25, -0.2) is 8.42 Å². The lowest BCUT2D eigenvalue weighted by atomic mass is 10.1. The van der Waals surface area contributed by atoms with E-state index in [9.17, 15) is 13.2 Å². The van der Waals surface area contributed by atoms with E-state index in [0.29, 0.717) is 29.7 Å². The second-order valence-corrected chi connectivity index (χ2v) is 10.0. The van der Waals surface area contributed by atoms with Crippen molar-refractivity contribution in [1.82, 2.24) is 14.5 Å². The van der Waals surface area contributed by atoms with E-state index >= 15 is 0 Å². The summed E-state index contributed by atoms with van der Waals surface area (Å²) in [5.74, 6) is 0.139. The van der Waals surface area contributed by atoms with Crippen LogP contribution in [-0.4, -0.2) is 41.9 Å². The molecule has 0 spiro atoms. The van der Waals surface area contributed by atoms with Crippen LogP contribution in [-0.2, 0) is 16.4 Å². The quantitative estimate of drug-likeness (QED) is 0.793. The first kappa shape index (κ1) is 19.9. The van der Waals surface area contributed by atoms with Gasteiger partial charge in [-0.15, -0.1) is 10.2 Å². The fourth-order valence-corrected chi connectivity index (χ4v) is 5.40. The van der Waals surface area contributed by atoms with Gasteiger partial charge >= 0.3 is 0 Å². The van der Waals surface area contributed by atoms with E-state index in [1.54, 1.807) is 0 Å². The third kappa shape index (κ3) is 4.91. The number of nitrogens with zero attached hydrogens (tertiary/aromatic N) is 3. The Hall–Kier alpha value is -1.84. The molecule has 7 nitrogen and oxygen atoms in total. The summed E-state index contributed by atoms with van der Waals surface area (Å²) in [6.07, 6.45) is 3.66. The lowest BCUT2D eigenvalue weighted by molar-refractivity contribution is 0.102. The standard InChI is InChI=1S/C18H24N4O3S2/c1-13(2)12-16-20-21-18(26-16)19-17(23)14-6-8-15(9-7-14)27(24,25)22-10-4-3-5-11-22/h6-9,13H,3-5,10-12H2,1-2H3,(H,19,21,23). The molecule has 1 aromatic carbocycles. The number of benzene rings is 1. The van der Waals surface area contributed by atoms with Crippen molar-refractivity contribution in [2.24, 2.45) is 5.92 Å². The van der Waals surface area contributed by atoms with Gasteiger partial charge in [-0.3, -0.25) is 10.1 Å². The monoisotopic (exact) mass is 408 g/mol. The fourth-order valence-electron chi connectivity index (χ4n) is 2.94. The van der Waals surface area contributed by atoms with E-state index in [0.717, 1.165) is 30.7 Å². The molecule has 1 aliphatic heterocycles. The van der Waals surface area contributed by atoms with Gasteiger partial charge in [-0.1, -0.05) is 31.6 Å². The first-order valence-electron chi connectivity index (χ1n) is 9.10. The Morgan fingerprint density at radius 3 is 2.44 bits per heavy atom. The van der Waals surface area contributed by atoms with Crippen LogP contribution in [0.15, 0.2) is 29.2 Å². The summed E-state index contributed by atoms with van der Waals surface area (Å²) in [5, 5.41) is 12.1. The third-order valence-electron chi connectivity index (χ3n) is 4.34. The molecular weight excluding hydrogens is 384 g/mol. The second kappa shape index (κ2) is 8.45. The van der Waals surface area contributed by atoms with Crippen molar-refractivity contribution in [2.45, 2.75) is 44.4 Å². The van der Waals surface area contributed by atoms with Gasteiger partial charge in [0, 0.05) is 25.1 Å². The third-order valence-corrected chi connectivity index (χ3v) is 7.11. The topological polar surface area (TPSA) is 92.3 Å². The molecule has 0 aliphatic carbocycles. The Labute approximate surface area is 163 Å². The van der Waals surface area contributed by atoms with Crippen LogP contribution in [0.25, 0.3) is 0 Å². The van der Waals surface area contributed by atoms with Crippen molar-refractivity contribution in [1.29, 1.82) is 0 Å². The van der Waals surface area contributed by atoms with Crippen LogP contribution in [0.1, 0.15) is 48.5 Å². The largest absolute Gasteiger partial charge is 0.296 e. The Morgan fingerprint density at radius 2 is 1.81 bits per heavy atom. The smallest absolute Gasteiger partial charge is 0.257 e. The number of piperidine rings is 1. The zero-order valence-corrected chi connectivity index (χ0v) is 17.1. The van der Waals surface area contributed by atoms with E-state index in [-0.39, 0.29) is 10.8 Å². The molecule has 9 heteroatoms. The summed E-state index contributed by atoms with van der Waals surface area (Å²) in [6.45, 7) is 5.30. The minimum atomic E-state index is -3.49. The highest BCUT2D eigenvalue weighted by atomic mass is 32.2. The predicted molar refractivity (Wildman–Crippen MR) is 105 cm³/mol. The van der Waals surface area contributed by atoms with Gasteiger partial charge in [0.25, 0.3) is 5.91 Å². The van der Waals surface area contributed by atoms with Crippen molar-refractivity contribution in [3.63, 3.8) is 0 Å². The number of amides is 1. The average molecular weight is 409 g/mol. The minimum Gasteiger partial charge on any atom is -0.296 e. The van der Waals surface area contributed by atoms with E-state index in [1.807, 2.05) is 0 Å². The average Bonchev–Trinajstić information content (AvgIpc) is 3.08. The Morgan fingerprint density at radius 1 is 1.15 bits per heavy atom. The lowest BCUT2D eigenvalue weighted by Crippen LogP contribution is -2.35. The van der Waals surface area contributed by atoms with Gasteiger partial charge in [-0.05, 0) is 43.0 Å². The number of hydrogen-bond donors (Lipinski definition) is 1. The van der Waals surface area contributed by atoms with Crippen LogP contribution in [0.4, 0.5) is 5.13 Å². The molecule has 146 valence electrons. The zero-order valence-electron chi connectivity index (χ0n) is 15.5. The van der Waals surface area contributed by atoms with Crippen LogP contribution >= 0.6 is 11.3 Å². The number of aromatic nitrogens is 2. The van der Waals surface area contributed by atoms with Gasteiger partial charge in [0.1, 0.15) is 5.01 Å². The molecular formula is C18H24N4O3S2. The van der Waals surface area contributed by atoms with Gasteiger partial charge in [0.15, 0.2) is 0 Å². The molecule has 2 heterocycles. The molecule has 27 heavy (non-hydrogen) atoms. The van der Waals surface area contributed by atoms with E-state index < -0.39 is 10.0 Å². The molecule has 1 aromatic heterocycles. The molecule has 0 radical (unpaired) electrons. The molecule has 1 amide bonds. The van der Waals surface area contributed by atoms with Crippen LogP contribution in [0.5, 0.6) is 0 Å². The maximum atomic E-state index is 12.7. The SMILES string of the molecule is CC(C)Cc1nnc(NC(=O)c2ccc(S(=O)(=O)N3CCCCC3)cc2)s1. The van der Waals surface area contributed by atoms with Crippen molar-refractivity contribution in [3.05, 3.63) is 34.8 Å². The second-order valence-electron chi connectivity index (χ2n) is 7.04. The number of sulfonamides is 1. The van der Waals surface area contributed by atoms with Gasteiger partial charge < -0.3 is 0 Å². The summed E-state index contributed by atoms with van der Waals surface area (Å²) in [5.41, 5.74) is 0.383. The number of rotatable bonds is 6. The van der Waals surface area contributed by atoms with E-state index in [2.05, 4.69) is 29.4 Å². The van der Waals surface area contributed by atoms with Crippen LogP contribution < -0.4 is 5.32 Å². The van der Waals surface area contributed by atoms with Gasteiger partial charge in [-0.2, -0.15) is 4.31 Å². The van der Waals surface area contributed by atoms with Crippen LogP contribution in [0.2, 0.25) is 0 Å². The molecule has 2 aromatic rings. The molecule has 1 saturated heterocycles. The normalized spacial score (nSPS) is 15.8. The molecule has 3 rings (SSSR count). The van der Waals surface area contributed by atoms with Gasteiger partial charge in [0.2, 0.25) is 15.2 Å². The van der Waals surface area contributed by atoms with Crippen molar-refractivity contribution < 1.29 is 13.2 Å². The number of anilines is 1. The maximum Gasteiger partial charge on any atom is 0.257 e. The molecule has 1 N–H and O–H groups in total. The number of carbonyl (C=O) groups is 1. The molecule has 0 bridgehead atoms. The number of hydrogen-bond acceptors (Lipinski definition) is 6. The molecule has 1 aliphatic rings. The number of carbonyl (C=O) groups excluding carboxylic acids is 1. The summed E-state index contributed by atoms with van der Waals surface area (Å²) in [4.78, 5) is 12.6. The summed E-state index contributed by atoms with van der Waals surface area (Å²) >= 11 is 1.35. The molecule has 0 atom stereocenters. The van der Waals surface area contributed by atoms with Crippen molar-refractivity contribution >= 4 is 32.4 Å². The Kier molecular flexibility index (Phi) is 6.23. The fraction of sp³-hybridized carbons (Fsp3) is 0.500. The number of nitrogens with one attached hydrogen (secondary N) is 1. The Bertz CT molecular complexity index is 886. The van der Waals surface area contributed by atoms with Crippen molar-refractivity contribution in [3.8, 4) is 0 Å². The lowest BCUT2D eigenvalue weighted by Gasteiger charge is -2.25. The zero-order chi connectivity index (χ0) is 19.4. The summed E-state index contributed by atoms with van der Waals surface area (Å²) < 4.78 is 26.8. The highest BCUT2D eigenvalue weighted by Gasteiger charge is 2.26. The molecule has 0 saturated carbocycles. The van der Waals surface area contributed by atoms with Crippen LogP contribution in [0.3, 0.4) is 0 Å². The Balaban J connectivity index is 1.67. The summed E-state index contributed by atoms with van der Waals surface area (Å²) in [6, 6.07) is 6.04. The van der Waals surface area contributed by atoms with Gasteiger partial charge in [0.05, 0.1) is 4.90 Å². The van der Waals surface area contributed by atoms with Crippen molar-refractivity contribution in [2.75, 3.05) is 18.4 Å². The highest BCUT2D eigenvalue weighted by Crippen LogP contribution is 2.22. The minimum absolute atomic E-state index is 0.219. The van der Waals surface area contributed by atoms with Crippen LogP contribution in [0, 0.1) is 5.92 Å². The highest BCUT2D eigenvalue weighted by molar-refractivity contribution is 7.89. The predicted octanol–water partition coefficient (Wildman–Crippen LogP) is 3.16. The molecule has 1 fully saturated rings. The van der Waals surface area contributed by atoms with E-state index in [4.69, 9.17) is 0 Å². The first-order valence-corrected chi connectivity index (χ1v) is 11.4. The molecule has 0 unspecified atom stereocenters. The first-order chi connectivity index (χ1) is 12.9. The summed E-state index contributed by atoms with van der Waals surface area (Å²) in [7, 11) is -3.49.